The molecular weight excluding hydrogens is 204 g/mol. The molecule has 16 heavy (non-hydrogen) atoms. The summed E-state index contributed by atoms with van der Waals surface area (Å²) in [4.78, 5) is 11.8. The third-order valence-corrected chi connectivity index (χ3v) is 2.25. The van der Waals surface area contributed by atoms with Crippen molar-refractivity contribution < 1.29 is 14.3 Å². The third kappa shape index (κ3) is 2.24. The van der Waals surface area contributed by atoms with Crippen molar-refractivity contribution in [2.75, 3.05) is 13.2 Å². The number of allylic oxidation sites excluding steroid dienone is 2. The van der Waals surface area contributed by atoms with Gasteiger partial charge in [0.1, 0.15) is 13.2 Å². The highest BCUT2D eigenvalue weighted by Crippen LogP contribution is 2.30. The van der Waals surface area contributed by atoms with Crippen LogP contribution in [-0.2, 0) is 0 Å². The Morgan fingerprint density at radius 1 is 1.19 bits per heavy atom. The van der Waals surface area contributed by atoms with Gasteiger partial charge in [-0.3, -0.25) is 4.79 Å². The first-order chi connectivity index (χ1) is 7.66. The van der Waals surface area contributed by atoms with Gasteiger partial charge in [0.15, 0.2) is 17.3 Å². The molecule has 0 saturated heterocycles. The molecule has 0 aliphatic carbocycles. The van der Waals surface area contributed by atoms with E-state index in [2.05, 4.69) is 0 Å². The maximum atomic E-state index is 11.8. The monoisotopic (exact) mass is 218 g/mol. The zero-order chi connectivity index (χ0) is 11.5. The molecule has 0 bridgehead atoms. The van der Waals surface area contributed by atoms with Gasteiger partial charge in [-0.05, 0) is 38.1 Å². The van der Waals surface area contributed by atoms with Crippen LogP contribution in [0.15, 0.2) is 29.8 Å². The molecule has 1 aliphatic heterocycles. The summed E-state index contributed by atoms with van der Waals surface area (Å²) in [6.45, 7) is 4.90. The molecule has 1 heterocycles. The number of rotatable bonds is 2. The molecule has 84 valence electrons. The molecule has 3 nitrogen and oxygen atoms in total. The molecule has 0 saturated carbocycles. The van der Waals surface area contributed by atoms with E-state index >= 15 is 0 Å². The van der Waals surface area contributed by atoms with Crippen LogP contribution in [0.1, 0.15) is 24.2 Å². The van der Waals surface area contributed by atoms with Crippen molar-refractivity contribution in [1.82, 2.24) is 0 Å². The molecule has 0 atom stereocenters. The lowest BCUT2D eigenvalue weighted by Gasteiger charge is -2.18. The van der Waals surface area contributed by atoms with Crippen molar-refractivity contribution in [2.45, 2.75) is 13.8 Å². The second kappa shape index (κ2) is 4.39. The summed E-state index contributed by atoms with van der Waals surface area (Å²) in [6.07, 6.45) is 1.62. The second-order valence-electron chi connectivity index (χ2n) is 3.94. The lowest BCUT2D eigenvalue weighted by atomic mass is 10.1. The quantitative estimate of drug-likeness (QED) is 0.565. The number of fused-ring (bicyclic) bond motifs is 1. The van der Waals surface area contributed by atoms with Crippen molar-refractivity contribution >= 4 is 5.78 Å². The summed E-state index contributed by atoms with van der Waals surface area (Å²) < 4.78 is 10.8. The van der Waals surface area contributed by atoms with Crippen molar-refractivity contribution in [1.29, 1.82) is 0 Å². The number of ketones is 1. The summed E-state index contributed by atoms with van der Waals surface area (Å²) >= 11 is 0. The fourth-order valence-corrected chi connectivity index (χ4v) is 1.54. The van der Waals surface area contributed by atoms with Gasteiger partial charge in [-0.15, -0.1) is 0 Å². The predicted octanol–water partition coefficient (Wildman–Crippen LogP) is 2.61. The minimum atomic E-state index is -0.00280. The molecule has 2 rings (SSSR count). The molecule has 0 fully saturated rings. The van der Waals surface area contributed by atoms with Crippen LogP contribution < -0.4 is 9.47 Å². The molecule has 3 heteroatoms. The van der Waals surface area contributed by atoms with Crippen LogP contribution in [0.3, 0.4) is 0 Å². The molecule has 1 aromatic carbocycles. The minimum absolute atomic E-state index is 0.00280. The molecule has 1 aromatic rings. The fraction of sp³-hybridized carbons (Fsp3) is 0.308. The summed E-state index contributed by atoms with van der Waals surface area (Å²) in [6, 6.07) is 5.27. The Labute approximate surface area is 94.7 Å². The van der Waals surface area contributed by atoms with Crippen molar-refractivity contribution in [2.24, 2.45) is 0 Å². The van der Waals surface area contributed by atoms with Crippen LogP contribution >= 0.6 is 0 Å². The Morgan fingerprint density at radius 2 is 1.88 bits per heavy atom. The van der Waals surface area contributed by atoms with Gasteiger partial charge in [-0.1, -0.05) is 5.57 Å². The lowest BCUT2D eigenvalue weighted by Crippen LogP contribution is -2.15. The van der Waals surface area contributed by atoms with Crippen LogP contribution in [-0.4, -0.2) is 19.0 Å². The molecule has 0 aromatic heterocycles. The number of ether oxygens (including phenoxy) is 2. The molecule has 1 aliphatic rings. The molecule has 0 amide bonds. The first kappa shape index (κ1) is 10.7. The topological polar surface area (TPSA) is 35.5 Å². The minimum Gasteiger partial charge on any atom is -0.486 e. The summed E-state index contributed by atoms with van der Waals surface area (Å²) in [7, 11) is 0. The third-order valence-electron chi connectivity index (χ3n) is 2.25. The molecule has 0 radical (unpaired) electrons. The zero-order valence-corrected chi connectivity index (χ0v) is 9.45. The van der Waals surface area contributed by atoms with Crippen LogP contribution in [0.2, 0.25) is 0 Å². The van der Waals surface area contributed by atoms with Gasteiger partial charge >= 0.3 is 0 Å². The highest BCUT2D eigenvalue weighted by molar-refractivity contribution is 6.05. The van der Waals surface area contributed by atoms with Gasteiger partial charge in [0.25, 0.3) is 0 Å². The Balaban J connectivity index is 2.30. The van der Waals surface area contributed by atoms with E-state index in [1.807, 2.05) is 13.8 Å². The van der Waals surface area contributed by atoms with Crippen molar-refractivity contribution in [3.05, 3.63) is 35.4 Å². The van der Waals surface area contributed by atoms with Gasteiger partial charge in [0.05, 0.1) is 0 Å². The van der Waals surface area contributed by atoms with E-state index in [-0.39, 0.29) is 5.78 Å². The van der Waals surface area contributed by atoms with E-state index in [0.29, 0.717) is 30.3 Å². The van der Waals surface area contributed by atoms with E-state index in [1.54, 1.807) is 24.3 Å². The Bertz CT molecular complexity index is 442. The maximum absolute atomic E-state index is 11.8. The van der Waals surface area contributed by atoms with Gasteiger partial charge in [0.2, 0.25) is 0 Å². The van der Waals surface area contributed by atoms with Crippen molar-refractivity contribution in [3.63, 3.8) is 0 Å². The fourth-order valence-electron chi connectivity index (χ4n) is 1.54. The molecular formula is C13H14O3. The number of carbonyl (C=O) groups excluding carboxylic acids is 1. The smallest absolute Gasteiger partial charge is 0.185 e. The van der Waals surface area contributed by atoms with Crippen molar-refractivity contribution in [3.8, 4) is 11.5 Å². The van der Waals surface area contributed by atoms with Gasteiger partial charge < -0.3 is 9.47 Å². The maximum Gasteiger partial charge on any atom is 0.185 e. The van der Waals surface area contributed by atoms with Gasteiger partial charge in [-0.25, -0.2) is 0 Å². The SMILES string of the molecule is CC(C)=CC(=O)c1ccc2c(c1)OCCO2. The first-order valence-electron chi connectivity index (χ1n) is 5.26. The highest BCUT2D eigenvalue weighted by Gasteiger charge is 2.13. The van der Waals surface area contributed by atoms with E-state index in [1.165, 1.54) is 0 Å². The van der Waals surface area contributed by atoms with E-state index in [4.69, 9.17) is 9.47 Å². The zero-order valence-electron chi connectivity index (χ0n) is 9.45. The highest BCUT2D eigenvalue weighted by atomic mass is 16.6. The lowest BCUT2D eigenvalue weighted by molar-refractivity contribution is 0.104. The van der Waals surface area contributed by atoms with Crippen LogP contribution in [0.4, 0.5) is 0 Å². The molecule has 0 unspecified atom stereocenters. The van der Waals surface area contributed by atoms with Gasteiger partial charge in [-0.2, -0.15) is 0 Å². The largest absolute Gasteiger partial charge is 0.486 e. The van der Waals surface area contributed by atoms with E-state index < -0.39 is 0 Å². The molecule has 0 N–H and O–H groups in total. The average molecular weight is 218 g/mol. The summed E-state index contributed by atoms with van der Waals surface area (Å²) in [5, 5.41) is 0. The van der Waals surface area contributed by atoms with Crippen LogP contribution in [0.25, 0.3) is 0 Å². The number of hydrogen-bond donors (Lipinski definition) is 0. The standard InChI is InChI=1S/C13H14O3/c1-9(2)7-11(14)10-3-4-12-13(8-10)16-6-5-15-12/h3-4,7-8H,5-6H2,1-2H3. The van der Waals surface area contributed by atoms with Crippen LogP contribution in [0, 0.1) is 0 Å². The number of benzene rings is 1. The van der Waals surface area contributed by atoms with E-state index in [0.717, 1.165) is 5.57 Å². The number of hydrogen-bond acceptors (Lipinski definition) is 3. The Morgan fingerprint density at radius 3 is 2.56 bits per heavy atom. The summed E-state index contributed by atoms with van der Waals surface area (Å²) in [5.41, 5.74) is 1.62. The normalized spacial score (nSPS) is 13.1. The van der Waals surface area contributed by atoms with E-state index in [9.17, 15) is 4.79 Å². The predicted molar refractivity (Wildman–Crippen MR) is 61.2 cm³/mol. The first-order valence-corrected chi connectivity index (χ1v) is 5.26. The van der Waals surface area contributed by atoms with Gasteiger partial charge in [0, 0.05) is 5.56 Å². The summed E-state index contributed by atoms with van der Waals surface area (Å²) in [5.74, 6) is 1.36. The van der Waals surface area contributed by atoms with Crippen LogP contribution in [0.5, 0.6) is 11.5 Å². The average Bonchev–Trinajstić information content (AvgIpc) is 2.27. The Kier molecular flexibility index (Phi) is 2.95. The Hall–Kier alpha value is -1.77. The number of carbonyl (C=O) groups is 1. The second-order valence-corrected chi connectivity index (χ2v) is 3.94. The molecule has 0 spiro atoms.